The molecule has 0 saturated carbocycles. The van der Waals surface area contributed by atoms with Crippen molar-refractivity contribution in [2.24, 2.45) is 0 Å². The van der Waals surface area contributed by atoms with E-state index >= 15 is 0 Å². The summed E-state index contributed by atoms with van der Waals surface area (Å²) in [5, 5.41) is 3.17. The van der Waals surface area contributed by atoms with Gasteiger partial charge < -0.3 is 25.6 Å². The Morgan fingerprint density at radius 3 is 2.33 bits per heavy atom. The fourth-order valence-electron chi connectivity index (χ4n) is 5.41. The van der Waals surface area contributed by atoms with E-state index in [4.69, 9.17) is 10.5 Å². The van der Waals surface area contributed by atoms with E-state index in [0.717, 1.165) is 55.8 Å². The van der Waals surface area contributed by atoms with E-state index in [1.54, 1.807) is 6.07 Å². The molecule has 186 valence electrons. The van der Waals surface area contributed by atoms with Crippen LogP contribution in [0.1, 0.15) is 47.4 Å². The van der Waals surface area contributed by atoms with Crippen LogP contribution in [0.25, 0.3) is 0 Å². The molecule has 0 radical (unpaired) electrons. The molecular formula is C29H32N4O3. The topological polar surface area (TPSA) is 87.9 Å². The van der Waals surface area contributed by atoms with Crippen LogP contribution in [-0.2, 0) is 15.1 Å². The molecule has 3 aromatic rings. The Labute approximate surface area is 211 Å². The molecule has 5 rings (SSSR count). The number of hydrogen-bond donors (Lipinski definition) is 2. The summed E-state index contributed by atoms with van der Waals surface area (Å²) in [7, 11) is 0. The van der Waals surface area contributed by atoms with Gasteiger partial charge >= 0.3 is 5.97 Å². The van der Waals surface area contributed by atoms with Crippen LogP contribution in [0.4, 0.5) is 11.4 Å². The first-order valence-electron chi connectivity index (χ1n) is 12.4. The minimum atomic E-state index is -0.584. The zero-order chi connectivity index (χ0) is 25.1. The maximum Gasteiger partial charge on any atom is 0.303 e. The summed E-state index contributed by atoms with van der Waals surface area (Å²) in [6.45, 7) is 4.65. The predicted molar refractivity (Wildman–Crippen MR) is 140 cm³/mol. The van der Waals surface area contributed by atoms with Gasteiger partial charge in [-0.1, -0.05) is 60.7 Å². The van der Waals surface area contributed by atoms with Crippen molar-refractivity contribution in [3.05, 3.63) is 95.6 Å². The third kappa shape index (κ3) is 4.79. The number of carbonyl (C=O) groups is 2. The summed E-state index contributed by atoms with van der Waals surface area (Å²) in [5.41, 5.74) is 9.54. The Hall–Kier alpha value is -3.84. The summed E-state index contributed by atoms with van der Waals surface area (Å²) in [4.78, 5) is 29.5. The maximum absolute atomic E-state index is 12.9. The molecule has 7 nitrogen and oxygen atoms in total. The summed E-state index contributed by atoms with van der Waals surface area (Å²) in [5.74, 6) is -0.368. The van der Waals surface area contributed by atoms with Gasteiger partial charge in [0.15, 0.2) is 0 Å². The maximum atomic E-state index is 12.9. The quantitative estimate of drug-likeness (QED) is 0.405. The number of carbonyl (C=O) groups excluding carboxylic acids is 2. The van der Waals surface area contributed by atoms with Crippen molar-refractivity contribution in [3.8, 4) is 0 Å². The zero-order valence-electron chi connectivity index (χ0n) is 20.5. The summed E-state index contributed by atoms with van der Waals surface area (Å²) < 4.78 is 5.92. The molecule has 1 atom stereocenters. The molecule has 0 spiro atoms. The van der Waals surface area contributed by atoms with Gasteiger partial charge in [-0.2, -0.15) is 0 Å². The average molecular weight is 485 g/mol. The van der Waals surface area contributed by atoms with E-state index in [-0.39, 0.29) is 18.0 Å². The lowest BCUT2D eigenvalue weighted by Gasteiger charge is -2.43. The Morgan fingerprint density at radius 2 is 1.67 bits per heavy atom. The van der Waals surface area contributed by atoms with Crippen molar-refractivity contribution in [3.63, 3.8) is 0 Å². The van der Waals surface area contributed by atoms with Gasteiger partial charge in [0.2, 0.25) is 0 Å². The van der Waals surface area contributed by atoms with Crippen LogP contribution >= 0.6 is 0 Å². The lowest BCUT2D eigenvalue weighted by Crippen LogP contribution is -2.51. The molecule has 1 amide bonds. The van der Waals surface area contributed by atoms with Gasteiger partial charge in [0, 0.05) is 51.6 Å². The number of rotatable bonds is 6. The fraction of sp³-hybridized carbons (Fsp3) is 0.310. The number of nitrogens with one attached hydrogen (secondary N) is 1. The molecule has 2 aliphatic rings. The van der Waals surface area contributed by atoms with E-state index < -0.39 is 5.60 Å². The van der Waals surface area contributed by atoms with Gasteiger partial charge in [0.25, 0.3) is 5.91 Å². The second-order valence-electron chi connectivity index (χ2n) is 9.55. The SMILES string of the molecule is CC(=O)OC1(c2ccccc2)CCN(CCN2c3ccc(N)cc3C(=O)NC2c2ccccc2)CC1. The standard InChI is InChI=1S/C29H32N4O3/c1-21(34)36-29(23-10-6-3-7-11-23)14-16-32(17-15-29)18-19-33-26-13-12-24(30)20-25(26)28(35)31-27(33)22-8-4-2-5-9-22/h2-13,20,27H,14-19,30H2,1H3,(H,31,35). The molecule has 2 aliphatic heterocycles. The van der Waals surface area contributed by atoms with Gasteiger partial charge in [-0.15, -0.1) is 0 Å². The third-order valence-corrected chi connectivity index (χ3v) is 7.23. The van der Waals surface area contributed by atoms with Gasteiger partial charge in [0.05, 0.1) is 11.3 Å². The number of hydrogen-bond acceptors (Lipinski definition) is 6. The number of piperidine rings is 1. The first-order valence-corrected chi connectivity index (χ1v) is 12.4. The molecule has 7 heteroatoms. The molecule has 3 aromatic carbocycles. The number of anilines is 2. The van der Waals surface area contributed by atoms with Crippen LogP contribution in [0.3, 0.4) is 0 Å². The third-order valence-electron chi connectivity index (χ3n) is 7.23. The second kappa shape index (κ2) is 10.0. The van der Waals surface area contributed by atoms with E-state index in [1.807, 2.05) is 72.8 Å². The highest BCUT2D eigenvalue weighted by molar-refractivity contribution is 6.03. The number of ether oxygens (including phenoxy) is 1. The van der Waals surface area contributed by atoms with Crippen LogP contribution in [0, 0.1) is 0 Å². The van der Waals surface area contributed by atoms with Crippen molar-refractivity contribution in [2.75, 3.05) is 36.8 Å². The highest BCUT2D eigenvalue weighted by Crippen LogP contribution is 2.38. The molecule has 3 N–H and O–H groups in total. The van der Waals surface area contributed by atoms with Crippen molar-refractivity contribution in [2.45, 2.75) is 31.5 Å². The minimum absolute atomic E-state index is 0.116. The van der Waals surface area contributed by atoms with Crippen molar-refractivity contribution < 1.29 is 14.3 Å². The number of nitrogen functional groups attached to an aromatic ring is 1. The fourth-order valence-corrected chi connectivity index (χ4v) is 5.41. The van der Waals surface area contributed by atoms with Gasteiger partial charge in [0.1, 0.15) is 11.8 Å². The first kappa shape index (κ1) is 23.9. The van der Waals surface area contributed by atoms with Crippen LogP contribution in [-0.4, -0.2) is 43.0 Å². The van der Waals surface area contributed by atoms with Crippen LogP contribution in [0.2, 0.25) is 0 Å². The summed E-state index contributed by atoms with van der Waals surface area (Å²) in [6, 6.07) is 25.6. The molecule has 1 unspecified atom stereocenters. The van der Waals surface area contributed by atoms with E-state index in [9.17, 15) is 9.59 Å². The minimum Gasteiger partial charge on any atom is -0.454 e. The monoisotopic (exact) mass is 484 g/mol. The van der Waals surface area contributed by atoms with Crippen LogP contribution in [0.15, 0.2) is 78.9 Å². The predicted octanol–water partition coefficient (Wildman–Crippen LogP) is 4.07. The molecule has 36 heavy (non-hydrogen) atoms. The van der Waals surface area contributed by atoms with E-state index in [1.165, 1.54) is 6.92 Å². The lowest BCUT2D eigenvalue weighted by molar-refractivity contribution is -0.164. The van der Waals surface area contributed by atoms with Crippen LogP contribution < -0.4 is 16.0 Å². The van der Waals surface area contributed by atoms with E-state index in [2.05, 4.69) is 15.1 Å². The Balaban J connectivity index is 1.34. The van der Waals surface area contributed by atoms with Crippen molar-refractivity contribution in [1.29, 1.82) is 0 Å². The number of amides is 1. The molecular weight excluding hydrogens is 452 g/mol. The Morgan fingerprint density at radius 1 is 1.00 bits per heavy atom. The number of nitrogens with zero attached hydrogens (tertiary/aromatic N) is 2. The molecule has 2 heterocycles. The second-order valence-corrected chi connectivity index (χ2v) is 9.55. The summed E-state index contributed by atoms with van der Waals surface area (Å²) >= 11 is 0. The molecule has 0 bridgehead atoms. The van der Waals surface area contributed by atoms with E-state index in [0.29, 0.717) is 11.3 Å². The zero-order valence-corrected chi connectivity index (χ0v) is 20.5. The highest BCUT2D eigenvalue weighted by Gasteiger charge is 2.39. The number of esters is 1. The number of likely N-dealkylation sites (tertiary alicyclic amines) is 1. The smallest absolute Gasteiger partial charge is 0.303 e. The molecule has 0 aromatic heterocycles. The largest absolute Gasteiger partial charge is 0.454 e. The molecule has 0 aliphatic carbocycles. The van der Waals surface area contributed by atoms with Crippen molar-refractivity contribution in [1.82, 2.24) is 10.2 Å². The van der Waals surface area contributed by atoms with Gasteiger partial charge in [-0.05, 0) is 29.3 Å². The number of fused-ring (bicyclic) bond motifs is 1. The highest BCUT2D eigenvalue weighted by atomic mass is 16.6. The Bertz CT molecular complexity index is 1220. The lowest BCUT2D eigenvalue weighted by atomic mass is 9.84. The molecule has 1 fully saturated rings. The van der Waals surface area contributed by atoms with Crippen molar-refractivity contribution >= 4 is 23.3 Å². The summed E-state index contributed by atoms with van der Waals surface area (Å²) in [6.07, 6.45) is 1.22. The van der Waals surface area contributed by atoms with Gasteiger partial charge in [-0.25, -0.2) is 0 Å². The first-order chi connectivity index (χ1) is 17.4. The van der Waals surface area contributed by atoms with Crippen LogP contribution in [0.5, 0.6) is 0 Å². The normalized spacial score (nSPS) is 19.3. The van der Waals surface area contributed by atoms with Gasteiger partial charge in [-0.3, -0.25) is 9.59 Å². The Kier molecular flexibility index (Phi) is 6.65. The average Bonchev–Trinajstić information content (AvgIpc) is 2.90. The number of nitrogens with two attached hydrogens (primary N) is 1. The molecule has 1 saturated heterocycles. The number of benzene rings is 3.